The van der Waals surface area contributed by atoms with E-state index in [1.165, 1.54) is 0 Å². The second-order valence-corrected chi connectivity index (χ2v) is 8.70. The molecule has 92 valence electrons. The van der Waals surface area contributed by atoms with E-state index in [4.69, 9.17) is 29.4 Å². The predicted molar refractivity (Wildman–Crippen MR) is 45.4 cm³/mol. The molecule has 0 heterocycles. The van der Waals surface area contributed by atoms with Crippen LogP contribution in [0.1, 0.15) is 0 Å². The number of nitrogens with one attached hydrogen (secondary N) is 1. The van der Waals surface area contributed by atoms with Crippen molar-refractivity contribution in [1.82, 2.24) is 5.48 Å². The summed E-state index contributed by atoms with van der Waals surface area (Å²) in [4.78, 5) is 50.8. The van der Waals surface area contributed by atoms with Crippen molar-refractivity contribution in [2.75, 3.05) is 0 Å². The first-order valence-corrected chi connectivity index (χ1v) is 7.71. The van der Waals surface area contributed by atoms with E-state index < -0.39 is 27.5 Å². The maximum absolute atomic E-state index is 10.6. The molecule has 7 N–H and O–H groups in total. The average Bonchev–Trinajstić information content (AvgIpc) is 1.76. The fourth-order valence-electron chi connectivity index (χ4n) is 0.687. The van der Waals surface area contributed by atoms with E-state index in [1.54, 1.807) is 0 Å². The quantitative estimate of drug-likeness (QED) is 0.148. The summed E-state index contributed by atoms with van der Waals surface area (Å²) in [6, 6.07) is 0. The third-order valence-corrected chi connectivity index (χ3v) is 8.76. The minimum absolute atomic E-state index is 0. The normalized spacial score (nSPS) is 14.4. The van der Waals surface area contributed by atoms with E-state index >= 15 is 0 Å². The van der Waals surface area contributed by atoms with Crippen LogP contribution in [0.4, 0.5) is 0 Å². The van der Waals surface area contributed by atoms with Crippen molar-refractivity contribution in [3.8, 4) is 0 Å². The van der Waals surface area contributed by atoms with Gasteiger partial charge in [-0.25, -0.2) is 0 Å². The van der Waals surface area contributed by atoms with E-state index in [0.717, 1.165) is 0 Å². The van der Waals surface area contributed by atoms with Gasteiger partial charge in [0.05, 0.1) is 0 Å². The summed E-state index contributed by atoms with van der Waals surface area (Å²) in [7, 11) is -18.3. The van der Waals surface area contributed by atoms with Crippen LogP contribution >= 0.6 is 22.8 Å². The topological polar surface area (TPSA) is 208 Å². The molecule has 0 fully saturated rings. The van der Waals surface area contributed by atoms with Crippen molar-refractivity contribution in [2.45, 2.75) is 4.76 Å². The van der Waals surface area contributed by atoms with Gasteiger partial charge in [-0.3, -0.25) is 13.7 Å². The predicted octanol–water partition coefficient (Wildman–Crippen LogP) is -4.78. The minimum Gasteiger partial charge on any atom is -0.786 e. The van der Waals surface area contributed by atoms with E-state index in [0.29, 0.717) is 0 Å². The smallest absolute Gasteiger partial charge is 0.786 e. The first kappa shape index (κ1) is 20.3. The number of hydrogen-bond donors (Lipinski definition) is 7. The van der Waals surface area contributed by atoms with Gasteiger partial charge in [0.1, 0.15) is 0 Å². The van der Waals surface area contributed by atoms with Crippen LogP contribution in [-0.2, 0) is 13.7 Å². The molecule has 0 amide bonds. The number of hydroxylamine groups is 1. The summed E-state index contributed by atoms with van der Waals surface area (Å²) in [6.07, 6.45) is 0. The second-order valence-electron chi connectivity index (χ2n) is 2.37. The third kappa shape index (κ3) is 3.52. The molecule has 0 saturated carbocycles. The molecule has 15 heteroatoms. The Balaban J connectivity index is 0. The van der Waals surface area contributed by atoms with Crippen molar-refractivity contribution in [3.05, 3.63) is 5.21 Å². The van der Waals surface area contributed by atoms with Gasteiger partial charge in [-0.2, -0.15) is 0 Å². The van der Waals surface area contributed by atoms with Crippen LogP contribution in [0.25, 0.3) is 0 Å². The van der Waals surface area contributed by atoms with Gasteiger partial charge in [0, 0.05) is 0 Å². The average molecular weight is 325 g/mol. The summed E-state index contributed by atoms with van der Waals surface area (Å²) in [5.74, 6) is 0. The minimum atomic E-state index is -6.10. The zero-order valence-corrected chi connectivity index (χ0v) is 13.5. The van der Waals surface area contributed by atoms with Gasteiger partial charge in [-0.1, -0.05) is 0 Å². The van der Waals surface area contributed by atoms with Crippen molar-refractivity contribution in [3.63, 3.8) is 0 Å². The summed E-state index contributed by atoms with van der Waals surface area (Å²) in [5, 5.41) is 10.2. The molecule has 0 rings (SSSR count). The Labute approximate surface area is 131 Å². The van der Waals surface area contributed by atoms with Crippen LogP contribution < -0.4 is 56.9 Å². The molecule has 0 saturated heterocycles. The molecule has 0 aromatic heterocycles. The molecule has 0 atom stereocenters. The second kappa shape index (κ2) is 5.97. The Kier molecular flexibility index (Phi) is 7.59. The Bertz CT molecular complexity index is 318. The molecule has 0 bridgehead atoms. The van der Waals surface area contributed by atoms with Crippen molar-refractivity contribution in [1.29, 1.82) is 0 Å². The molecule has 16 heavy (non-hydrogen) atoms. The van der Waals surface area contributed by atoms with Gasteiger partial charge in [-0.05, 0) is 0 Å². The van der Waals surface area contributed by atoms with E-state index in [2.05, 4.69) is 0 Å². The van der Waals surface area contributed by atoms with E-state index in [-0.39, 0.29) is 56.9 Å². The molecule has 0 spiro atoms. The van der Waals surface area contributed by atoms with E-state index in [9.17, 15) is 18.9 Å². The fraction of sp³-hybridized carbons (Fsp3) is 1.00. The Morgan fingerprint density at radius 1 is 0.812 bits per heavy atom. The monoisotopic (exact) mass is 325 g/mol. The molecular formula is CH7KNO10P3. The van der Waals surface area contributed by atoms with Gasteiger partial charge in [0.15, 0.2) is 0 Å². The zero-order chi connectivity index (χ0) is 12.7. The fourth-order valence-corrected chi connectivity index (χ4v) is 5.12. The number of rotatable bonds is 4. The molecule has 0 aliphatic heterocycles. The zero-order valence-electron chi connectivity index (χ0n) is 7.66. The first-order valence-electron chi connectivity index (χ1n) is 2.87. The van der Waals surface area contributed by atoms with Crippen LogP contribution in [0.5, 0.6) is 0 Å². The van der Waals surface area contributed by atoms with Gasteiger partial charge < -0.3 is 40.0 Å². The van der Waals surface area contributed by atoms with Crippen LogP contribution in [-0.4, -0.2) is 34.1 Å². The SMILES string of the molecule is O=P(O)(O)C(N[O-])(P(=O)(O)O)P(=O)(O)O.[K+]. The molecule has 0 aliphatic carbocycles. The maximum atomic E-state index is 10.6. The van der Waals surface area contributed by atoms with Gasteiger partial charge in [0.2, 0.25) is 0 Å². The summed E-state index contributed by atoms with van der Waals surface area (Å²) in [6.45, 7) is 0. The Morgan fingerprint density at radius 3 is 1.00 bits per heavy atom. The first-order chi connectivity index (χ1) is 6.31. The van der Waals surface area contributed by atoms with Gasteiger partial charge in [-0.15, -0.1) is 0 Å². The van der Waals surface area contributed by atoms with Crippen LogP contribution in [0.2, 0.25) is 0 Å². The molecule has 0 unspecified atom stereocenters. The van der Waals surface area contributed by atoms with E-state index in [1.807, 2.05) is 0 Å². The van der Waals surface area contributed by atoms with Crippen LogP contribution in [0.15, 0.2) is 0 Å². The summed E-state index contributed by atoms with van der Waals surface area (Å²) < 4.78 is 27.4. The van der Waals surface area contributed by atoms with Crippen LogP contribution in [0.3, 0.4) is 0 Å². The van der Waals surface area contributed by atoms with Gasteiger partial charge in [0.25, 0.3) is 0 Å². The molecule has 0 aromatic carbocycles. The third-order valence-electron chi connectivity index (χ3n) is 1.36. The molecule has 0 aromatic rings. The standard InChI is InChI=1S/CH7NO10P3.K/c3-2-1(13(4,5)6,14(7,8)9)15(10,11)12;/h2H,(H2,4,5,6)(H2,7,8,9)(H2,10,11,12);/q-1;+1. The molecule has 0 radical (unpaired) electrons. The molecule has 0 aliphatic rings. The Morgan fingerprint density at radius 2 is 1.00 bits per heavy atom. The molecule has 11 nitrogen and oxygen atoms in total. The van der Waals surface area contributed by atoms with Crippen molar-refractivity contribution < 1.29 is 94.4 Å². The number of hydrogen-bond acceptors (Lipinski definition) is 5. The van der Waals surface area contributed by atoms with Crippen LogP contribution in [0, 0.1) is 5.21 Å². The molecular weight excluding hydrogens is 318 g/mol. The van der Waals surface area contributed by atoms with Crippen molar-refractivity contribution in [2.24, 2.45) is 0 Å². The largest absolute Gasteiger partial charge is 1.00 e. The van der Waals surface area contributed by atoms with Gasteiger partial charge >= 0.3 is 78.9 Å². The van der Waals surface area contributed by atoms with Crippen molar-refractivity contribution >= 4 is 22.8 Å². The maximum Gasteiger partial charge on any atom is 1.00 e. The summed E-state index contributed by atoms with van der Waals surface area (Å²) in [5.41, 5.74) is 0.0961. The Hall–Kier alpha value is 2.01. The summed E-state index contributed by atoms with van der Waals surface area (Å²) >= 11 is 0.